The number of fused-ring (bicyclic) bond motifs is 1. The van der Waals surface area contributed by atoms with Gasteiger partial charge < -0.3 is 9.88 Å². The fourth-order valence-corrected chi connectivity index (χ4v) is 2.82. The van der Waals surface area contributed by atoms with Crippen molar-refractivity contribution in [3.8, 4) is 0 Å². The molecule has 0 radical (unpaired) electrons. The van der Waals surface area contributed by atoms with Gasteiger partial charge in [0.05, 0.1) is 22.5 Å². The monoisotopic (exact) mass is 277 g/mol. The minimum absolute atomic E-state index is 0.126. The quantitative estimate of drug-likeness (QED) is 0.858. The molecule has 100 valence electrons. The molecule has 1 saturated heterocycles. The van der Waals surface area contributed by atoms with E-state index in [1.807, 2.05) is 25.1 Å². The van der Waals surface area contributed by atoms with E-state index in [-0.39, 0.29) is 17.3 Å². The number of rotatable bonds is 2. The molecule has 1 aromatic heterocycles. The molecule has 2 heterocycles. The molecular formula is C14H16ClN3O. The lowest BCUT2D eigenvalue weighted by Crippen LogP contribution is -2.36. The fraction of sp³-hybridized carbons (Fsp3) is 0.429. The first-order chi connectivity index (χ1) is 9.16. The van der Waals surface area contributed by atoms with Crippen molar-refractivity contribution in [2.45, 2.75) is 31.2 Å². The Morgan fingerprint density at radius 3 is 2.95 bits per heavy atom. The van der Waals surface area contributed by atoms with Crippen LogP contribution in [-0.4, -0.2) is 22.0 Å². The third-order valence-corrected chi connectivity index (χ3v) is 3.78. The first kappa shape index (κ1) is 12.5. The minimum Gasteiger partial charge on any atom is -0.354 e. The Kier molecular flexibility index (Phi) is 3.19. The Balaban J connectivity index is 2.09. The summed E-state index contributed by atoms with van der Waals surface area (Å²) in [7, 11) is 0. The average molecular weight is 278 g/mol. The molecule has 2 atom stereocenters. The van der Waals surface area contributed by atoms with E-state index in [0.29, 0.717) is 13.0 Å². The van der Waals surface area contributed by atoms with E-state index in [1.165, 1.54) is 0 Å². The van der Waals surface area contributed by atoms with Crippen molar-refractivity contribution < 1.29 is 4.79 Å². The summed E-state index contributed by atoms with van der Waals surface area (Å²) in [5.41, 5.74) is 2.05. The van der Waals surface area contributed by atoms with Gasteiger partial charge in [-0.2, -0.15) is 0 Å². The van der Waals surface area contributed by atoms with Crippen molar-refractivity contribution in [2.24, 2.45) is 0 Å². The van der Waals surface area contributed by atoms with Crippen molar-refractivity contribution in [2.75, 3.05) is 6.54 Å². The van der Waals surface area contributed by atoms with Crippen molar-refractivity contribution in [3.63, 3.8) is 0 Å². The number of nitrogens with zero attached hydrogens (tertiary/aromatic N) is 2. The summed E-state index contributed by atoms with van der Waals surface area (Å²) in [4.78, 5) is 15.9. The number of alkyl halides is 1. The Morgan fingerprint density at radius 2 is 2.26 bits per heavy atom. The molecule has 1 fully saturated rings. The number of para-hydroxylation sites is 2. The standard InChI is InChI=1S/C14H16ClN3O/c1-9(15)14-17-11-4-2-3-5-12(11)18(14)10-6-7-13(19)16-8-10/h2-5,9-10H,6-8H2,1H3,(H,16,19). The number of amides is 1. The molecule has 2 aromatic rings. The Hall–Kier alpha value is -1.55. The molecule has 1 aromatic carbocycles. The minimum atomic E-state index is -0.148. The highest BCUT2D eigenvalue weighted by molar-refractivity contribution is 6.20. The first-order valence-electron chi connectivity index (χ1n) is 6.54. The number of hydrogen-bond donors (Lipinski definition) is 1. The number of aromatic nitrogens is 2. The summed E-state index contributed by atoms with van der Waals surface area (Å²) in [6.07, 6.45) is 1.40. The predicted octanol–water partition coefficient (Wildman–Crippen LogP) is 2.79. The Bertz CT molecular complexity index is 610. The molecule has 1 N–H and O–H groups in total. The highest BCUT2D eigenvalue weighted by Crippen LogP contribution is 2.30. The van der Waals surface area contributed by atoms with Gasteiger partial charge in [-0.3, -0.25) is 4.79 Å². The lowest BCUT2D eigenvalue weighted by molar-refractivity contribution is -0.122. The highest BCUT2D eigenvalue weighted by atomic mass is 35.5. The maximum absolute atomic E-state index is 11.3. The van der Waals surface area contributed by atoms with Crippen LogP contribution in [0.15, 0.2) is 24.3 Å². The van der Waals surface area contributed by atoms with Crippen LogP contribution in [0.4, 0.5) is 0 Å². The molecule has 2 unspecified atom stereocenters. The van der Waals surface area contributed by atoms with E-state index in [2.05, 4.69) is 20.9 Å². The van der Waals surface area contributed by atoms with E-state index in [4.69, 9.17) is 11.6 Å². The molecule has 1 aliphatic heterocycles. The van der Waals surface area contributed by atoms with Crippen LogP contribution in [0.25, 0.3) is 11.0 Å². The van der Waals surface area contributed by atoms with Gasteiger partial charge in [0.1, 0.15) is 5.82 Å². The van der Waals surface area contributed by atoms with Crippen LogP contribution in [0.5, 0.6) is 0 Å². The number of benzene rings is 1. The fourth-order valence-electron chi connectivity index (χ4n) is 2.67. The van der Waals surface area contributed by atoms with E-state index < -0.39 is 0 Å². The molecule has 0 bridgehead atoms. The predicted molar refractivity (Wildman–Crippen MR) is 75.3 cm³/mol. The maximum Gasteiger partial charge on any atom is 0.220 e. The van der Waals surface area contributed by atoms with Crippen LogP contribution in [0, 0.1) is 0 Å². The number of nitrogens with one attached hydrogen (secondary N) is 1. The van der Waals surface area contributed by atoms with Gasteiger partial charge in [0.2, 0.25) is 5.91 Å². The lowest BCUT2D eigenvalue weighted by Gasteiger charge is -2.26. The zero-order valence-corrected chi connectivity index (χ0v) is 11.5. The van der Waals surface area contributed by atoms with Crippen LogP contribution >= 0.6 is 11.6 Å². The van der Waals surface area contributed by atoms with Crippen LogP contribution < -0.4 is 5.32 Å². The van der Waals surface area contributed by atoms with Gasteiger partial charge in [-0.05, 0) is 25.5 Å². The molecule has 0 saturated carbocycles. The van der Waals surface area contributed by atoms with Crippen molar-refractivity contribution in [1.82, 2.24) is 14.9 Å². The molecule has 1 amide bonds. The van der Waals surface area contributed by atoms with Gasteiger partial charge in [0.15, 0.2) is 0 Å². The summed E-state index contributed by atoms with van der Waals surface area (Å²) >= 11 is 6.26. The molecule has 19 heavy (non-hydrogen) atoms. The molecule has 1 aliphatic rings. The van der Waals surface area contributed by atoms with Gasteiger partial charge >= 0.3 is 0 Å². The third-order valence-electron chi connectivity index (χ3n) is 3.58. The van der Waals surface area contributed by atoms with Crippen LogP contribution in [0.2, 0.25) is 0 Å². The third kappa shape index (κ3) is 2.21. The normalized spacial score (nSPS) is 21.4. The van der Waals surface area contributed by atoms with Gasteiger partial charge in [0.25, 0.3) is 0 Å². The van der Waals surface area contributed by atoms with Gasteiger partial charge in [-0.1, -0.05) is 12.1 Å². The van der Waals surface area contributed by atoms with E-state index >= 15 is 0 Å². The molecular weight excluding hydrogens is 262 g/mol. The second-order valence-corrected chi connectivity index (χ2v) is 5.60. The molecule has 0 aliphatic carbocycles. The van der Waals surface area contributed by atoms with Gasteiger partial charge in [-0.15, -0.1) is 11.6 Å². The largest absolute Gasteiger partial charge is 0.354 e. The van der Waals surface area contributed by atoms with E-state index in [0.717, 1.165) is 23.3 Å². The highest BCUT2D eigenvalue weighted by Gasteiger charge is 2.25. The van der Waals surface area contributed by atoms with E-state index in [9.17, 15) is 4.79 Å². The first-order valence-corrected chi connectivity index (χ1v) is 6.98. The Labute approximate surface area is 116 Å². The smallest absolute Gasteiger partial charge is 0.220 e. The second-order valence-electron chi connectivity index (χ2n) is 4.94. The topological polar surface area (TPSA) is 46.9 Å². The zero-order valence-electron chi connectivity index (χ0n) is 10.8. The van der Waals surface area contributed by atoms with Crippen molar-refractivity contribution in [1.29, 1.82) is 0 Å². The van der Waals surface area contributed by atoms with Crippen LogP contribution in [0.1, 0.15) is 37.0 Å². The maximum atomic E-state index is 11.3. The van der Waals surface area contributed by atoms with Gasteiger partial charge in [-0.25, -0.2) is 4.98 Å². The molecule has 4 nitrogen and oxygen atoms in total. The van der Waals surface area contributed by atoms with Crippen molar-refractivity contribution in [3.05, 3.63) is 30.1 Å². The molecule has 5 heteroatoms. The summed E-state index contributed by atoms with van der Waals surface area (Å²) in [6, 6.07) is 8.27. The Morgan fingerprint density at radius 1 is 1.47 bits per heavy atom. The van der Waals surface area contributed by atoms with E-state index in [1.54, 1.807) is 0 Å². The molecule has 0 spiro atoms. The second kappa shape index (κ2) is 4.85. The summed E-state index contributed by atoms with van der Waals surface area (Å²) < 4.78 is 2.19. The van der Waals surface area contributed by atoms with Gasteiger partial charge in [0, 0.05) is 13.0 Å². The average Bonchev–Trinajstić information content (AvgIpc) is 2.79. The van der Waals surface area contributed by atoms with Crippen LogP contribution in [0.3, 0.4) is 0 Å². The summed E-state index contributed by atoms with van der Waals surface area (Å²) in [5.74, 6) is 1.00. The number of halogens is 1. The number of imidazole rings is 1. The number of carbonyl (C=O) groups is 1. The lowest BCUT2D eigenvalue weighted by atomic mass is 10.1. The summed E-state index contributed by atoms with van der Waals surface area (Å²) in [5, 5.41) is 2.77. The summed E-state index contributed by atoms with van der Waals surface area (Å²) in [6.45, 7) is 2.58. The number of carbonyl (C=O) groups excluding carboxylic acids is 1. The molecule has 3 rings (SSSR count). The SMILES string of the molecule is CC(Cl)c1nc2ccccc2n1C1CCC(=O)NC1. The number of hydrogen-bond acceptors (Lipinski definition) is 2. The zero-order chi connectivity index (χ0) is 13.4. The number of piperidine rings is 1. The van der Waals surface area contributed by atoms with Crippen molar-refractivity contribution >= 4 is 28.5 Å². The van der Waals surface area contributed by atoms with Crippen LogP contribution in [-0.2, 0) is 4.79 Å².